The van der Waals surface area contributed by atoms with E-state index in [0.717, 1.165) is 33.2 Å². The van der Waals surface area contributed by atoms with Crippen molar-refractivity contribution in [2.24, 2.45) is 0 Å². The van der Waals surface area contributed by atoms with Crippen molar-refractivity contribution in [1.29, 1.82) is 0 Å². The summed E-state index contributed by atoms with van der Waals surface area (Å²) in [4.78, 5) is 12.5. The molecule has 0 amide bonds. The summed E-state index contributed by atoms with van der Waals surface area (Å²) >= 11 is 0. The summed E-state index contributed by atoms with van der Waals surface area (Å²) in [6, 6.07) is 11.4. The molecule has 0 saturated heterocycles. The minimum atomic E-state index is -0.482. The van der Waals surface area contributed by atoms with Crippen molar-refractivity contribution in [3.8, 4) is 22.6 Å². The zero-order valence-electron chi connectivity index (χ0n) is 16.9. The standard InChI is InChI=1S/C25H22O4/c1-14-12-19-22(27-15(14)2)17-10-11-25(3,4)29-24(17)21-18(13-20(26)28-23(19)21)16-8-6-5-7-9-16/h5-13,15H,1-4H3/t15-/m1/s1. The summed E-state index contributed by atoms with van der Waals surface area (Å²) in [5.41, 5.74) is 4.11. The largest absolute Gasteiger partial charge is 0.485 e. The number of ether oxygens (including phenoxy) is 2. The fourth-order valence-corrected chi connectivity index (χ4v) is 3.95. The van der Waals surface area contributed by atoms with E-state index >= 15 is 0 Å². The average Bonchev–Trinajstić information content (AvgIpc) is 2.69. The van der Waals surface area contributed by atoms with E-state index in [-0.39, 0.29) is 6.10 Å². The fourth-order valence-electron chi connectivity index (χ4n) is 3.95. The molecular formula is C25H22O4. The van der Waals surface area contributed by atoms with Gasteiger partial charge in [-0.05, 0) is 57.1 Å². The van der Waals surface area contributed by atoms with E-state index in [2.05, 4.69) is 12.2 Å². The first-order valence-corrected chi connectivity index (χ1v) is 9.80. The van der Waals surface area contributed by atoms with Gasteiger partial charge in [-0.2, -0.15) is 0 Å². The molecule has 3 heterocycles. The van der Waals surface area contributed by atoms with Gasteiger partial charge >= 0.3 is 5.63 Å². The molecule has 2 aliphatic heterocycles. The van der Waals surface area contributed by atoms with Crippen molar-refractivity contribution in [2.45, 2.75) is 39.4 Å². The molecule has 0 aliphatic carbocycles. The molecule has 0 N–H and O–H groups in total. The highest BCUT2D eigenvalue weighted by atomic mass is 16.5. The van der Waals surface area contributed by atoms with E-state index in [4.69, 9.17) is 13.9 Å². The minimum absolute atomic E-state index is 0.0589. The first-order valence-electron chi connectivity index (χ1n) is 9.80. The highest BCUT2D eigenvalue weighted by Gasteiger charge is 2.33. The van der Waals surface area contributed by atoms with Crippen LogP contribution in [0.1, 0.15) is 38.8 Å². The maximum Gasteiger partial charge on any atom is 0.336 e. The zero-order chi connectivity index (χ0) is 20.3. The van der Waals surface area contributed by atoms with Crippen LogP contribution in [0.15, 0.2) is 57.3 Å². The van der Waals surface area contributed by atoms with Crippen LogP contribution in [0, 0.1) is 0 Å². The van der Waals surface area contributed by atoms with Crippen LogP contribution < -0.4 is 15.1 Å². The summed E-state index contributed by atoms with van der Waals surface area (Å²) in [7, 11) is 0. The van der Waals surface area contributed by atoms with Crippen molar-refractivity contribution in [3.63, 3.8) is 0 Å². The molecule has 2 aromatic carbocycles. The highest BCUT2D eigenvalue weighted by Crippen LogP contribution is 2.50. The fraction of sp³-hybridized carbons (Fsp3) is 0.240. The quantitative estimate of drug-likeness (QED) is 0.494. The molecule has 2 aliphatic rings. The van der Waals surface area contributed by atoms with Crippen molar-refractivity contribution in [3.05, 3.63) is 69.6 Å². The van der Waals surface area contributed by atoms with Crippen molar-refractivity contribution >= 4 is 23.1 Å². The Hall–Kier alpha value is -3.27. The lowest BCUT2D eigenvalue weighted by molar-refractivity contribution is 0.159. The average molecular weight is 386 g/mol. The van der Waals surface area contributed by atoms with Crippen LogP contribution in [0.2, 0.25) is 0 Å². The van der Waals surface area contributed by atoms with Gasteiger partial charge in [0.05, 0.1) is 16.5 Å². The summed E-state index contributed by atoms with van der Waals surface area (Å²) < 4.78 is 18.4. The van der Waals surface area contributed by atoms with E-state index in [1.165, 1.54) is 0 Å². The van der Waals surface area contributed by atoms with Crippen LogP contribution in [-0.4, -0.2) is 11.7 Å². The smallest absolute Gasteiger partial charge is 0.336 e. The van der Waals surface area contributed by atoms with E-state index in [0.29, 0.717) is 17.1 Å². The van der Waals surface area contributed by atoms with E-state index in [9.17, 15) is 4.79 Å². The highest BCUT2D eigenvalue weighted by molar-refractivity contribution is 6.06. The van der Waals surface area contributed by atoms with Crippen molar-refractivity contribution < 1.29 is 13.9 Å². The first-order chi connectivity index (χ1) is 13.8. The second kappa shape index (κ2) is 6.11. The van der Waals surface area contributed by atoms with Gasteiger partial charge in [0.2, 0.25) is 0 Å². The molecule has 4 nitrogen and oxygen atoms in total. The minimum Gasteiger partial charge on any atom is -0.485 e. The molecular weight excluding hydrogens is 364 g/mol. The maximum atomic E-state index is 12.5. The molecule has 0 fully saturated rings. The van der Waals surface area contributed by atoms with Crippen LogP contribution in [0.25, 0.3) is 34.2 Å². The number of rotatable bonds is 1. The molecule has 0 spiro atoms. The monoisotopic (exact) mass is 386 g/mol. The van der Waals surface area contributed by atoms with Gasteiger partial charge in [-0.3, -0.25) is 0 Å². The Labute approximate surface area is 169 Å². The molecule has 4 heteroatoms. The zero-order valence-corrected chi connectivity index (χ0v) is 16.9. The third-order valence-corrected chi connectivity index (χ3v) is 5.58. The van der Waals surface area contributed by atoms with Gasteiger partial charge in [0.1, 0.15) is 23.2 Å². The summed E-state index contributed by atoms with van der Waals surface area (Å²) in [6.07, 6.45) is 6.08. The number of fused-ring (bicyclic) bond motifs is 6. The first kappa shape index (κ1) is 17.8. The van der Waals surface area contributed by atoms with Crippen LogP contribution >= 0.6 is 0 Å². The SMILES string of the molecule is CC1=Cc2c(c3c(c4c(-c5ccccc5)cc(=O)oc24)OC(C)(C)C=C3)O[C@@H]1C. The van der Waals surface area contributed by atoms with Gasteiger partial charge < -0.3 is 13.9 Å². The van der Waals surface area contributed by atoms with Crippen LogP contribution in [0.3, 0.4) is 0 Å². The second-order valence-corrected chi connectivity index (χ2v) is 8.22. The lowest BCUT2D eigenvalue weighted by Gasteiger charge is -2.33. The third kappa shape index (κ3) is 2.79. The molecule has 29 heavy (non-hydrogen) atoms. The molecule has 5 rings (SSSR count). The van der Waals surface area contributed by atoms with E-state index in [1.54, 1.807) is 6.07 Å². The van der Waals surface area contributed by atoms with E-state index < -0.39 is 11.2 Å². The lowest BCUT2D eigenvalue weighted by atomic mass is 9.91. The predicted molar refractivity (Wildman–Crippen MR) is 115 cm³/mol. The van der Waals surface area contributed by atoms with Crippen LogP contribution in [0.4, 0.5) is 0 Å². The van der Waals surface area contributed by atoms with E-state index in [1.807, 2.05) is 64.1 Å². The topological polar surface area (TPSA) is 48.7 Å². The van der Waals surface area contributed by atoms with Crippen molar-refractivity contribution in [2.75, 3.05) is 0 Å². The molecule has 0 bridgehead atoms. The molecule has 1 atom stereocenters. The number of hydrogen-bond donors (Lipinski definition) is 0. The van der Waals surface area contributed by atoms with Crippen LogP contribution in [-0.2, 0) is 0 Å². The molecule has 1 aromatic heterocycles. The predicted octanol–water partition coefficient (Wildman–Crippen LogP) is 5.83. The summed E-state index contributed by atoms with van der Waals surface area (Å²) in [6.45, 7) is 8.05. The second-order valence-electron chi connectivity index (χ2n) is 8.22. The molecule has 3 aromatic rings. The Kier molecular flexibility index (Phi) is 3.75. The normalized spacial score (nSPS) is 19.0. The Morgan fingerprint density at radius 3 is 2.55 bits per heavy atom. The van der Waals surface area contributed by atoms with Gasteiger partial charge in [-0.1, -0.05) is 30.3 Å². The Morgan fingerprint density at radius 1 is 1.03 bits per heavy atom. The Balaban J connectivity index is 1.98. The third-order valence-electron chi connectivity index (χ3n) is 5.58. The summed E-state index contributed by atoms with van der Waals surface area (Å²) in [5, 5.41) is 0.796. The number of benzene rings is 2. The van der Waals surface area contributed by atoms with Gasteiger partial charge in [0, 0.05) is 11.6 Å². The van der Waals surface area contributed by atoms with Gasteiger partial charge in [-0.25, -0.2) is 4.79 Å². The lowest BCUT2D eigenvalue weighted by Crippen LogP contribution is -2.29. The van der Waals surface area contributed by atoms with Gasteiger partial charge in [-0.15, -0.1) is 0 Å². The Bertz CT molecular complexity index is 1260. The Morgan fingerprint density at radius 2 is 1.79 bits per heavy atom. The van der Waals surface area contributed by atoms with Crippen molar-refractivity contribution in [1.82, 2.24) is 0 Å². The van der Waals surface area contributed by atoms with Gasteiger partial charge in [0.25, 0.3) is 0 Å². The maximum absolute atomic E-state index is 12.5. The molecule has 0 saturated carbocycles. The summed E-state index contributed by atoms with van der Waals surface area (Å²) in [5.74, 6) is 1.39. The molecule has 0 unspecified atom stereocenters. The number of hydrogen-bond acceptors (Lipinski definition) is 4. The van der Waals surface area contributed by atoms with Crippen LogP contribution in [0.5, 0.6) is 11.5 Å². The molecule has 0 radical (unpaired) electrons. The molecule has 146 valence electrons. The van der Waals surface area contributed by atoms with Gasteiger partial charge in [0.15, 0.2) is 5.58 Å².